The van der Waals surface area contributed by atoms with Gasteiger partial charge in [0.1, 0.15) is 0 Å². The van der Waals surface area contributed by atoms with Gasteiger partial charge in [-0.05, 0) is 12.1 Å². The van der Waals surface area contributed by atoms with Gasteiger partial charge >= 0.3 is 11.2 Å². The van der Waals surface area contributed by atoms with Crippen LogP contribution in [0.3, 0.4) is 0 Å². The van der Waals surface area contributed by atoms with Crippen LogP contribution in [0.2, 0.25) is 0 Å². The van der Waals surface area contributed by atoms with Gasteiger partial charge in [0, 0.05) is 5.69 Å². The number of nitrogens with one attached hydrogen (secondary N) is 2. The molecule has 0 spiro atoms. The molecule has 0 aliphatic rings. The van der Waals surface area contributed by atoms with E-state index in [1.807, 2.05) is 6.07 Å². The summed E-state index contributed by atoms with van der Waals surface area (Å²) in [6.07, 6.45) is 1.11. The third kappa shape index (κ3) is 2.28. The van der Waals surface area contributed by atoms with Crippen molar-refractivity contribution >= 4 is 17.2 Å². The van der Waals surface area contributed by atoms with Gasteiger partial charge in [0.15, 0.2) is 0 Å². The third-order valence-electron chi connectivity index (χ3n) is 2.05. The molecular weight excluding hydrogens is 224 g/mol. The molecule has 0 radical (unpaired) electrons. The minimum atomic E-state index is -0.788. The summed E-state index contributed by atoms with van der Waals surface area (Å²) < 4.78 is 0. The molecule has 7 nitrogen and oxygen atoms in total. The van der Waals surface area contributed by atoms with E-state index in [2.05, 4.69) is 15.3 Å². The van der Waals surface area contributed by atoms with Crippen molar-refractivity contribution < 1.29 is 4.92 Å². The second-order valence-electron chi connectivity index (χ2n) is 3.18. The van der Waals surface area contributed by atoms with Crippen LogP contribution in [0.15, 0.2) is 41.5 Å². The number of nitrogens with zero attached hydrogens (tertiary/aromatic N) is 2. The molecule has 0 aliphatic carbocycles. The van der Waals surface area contributed by atoms with Crippen molar-refractivity contribution in [2.24, 2.45) is 0 Å². The molecule has 0 saturated heterocycles. The maximum absolute atomic E-state index is 11.3. The fourth-order valence-corrected chi connectivity index (χ4v) is 1.31. The number of para-hydroxylation sites is 1. The molecule has 1 heterocycles. The SMILES string of the molecule is O=c1[nH]cnc(Nc2ccccc2)c1[N+](=O)[O-]. The lowest BCUT2D eigenvalue weighted by Gasteiger charge is -2.04. The Balaban J connectivity index is 2.43. The van der Waals surface area contributed by atoms with E-state index in [4.69, 9.17) is 0 Å². The molecule has 1 aromatic heterocycles. The molecule has 0 bridgehead atoms. The lowest BCUT2D eigenvalue weighted by Crippen LogP contribution is -2.14. The van der Waals surface area contributed by atoms with E-state index in [0.717, 1.165) is 6.33 Å². The van der Waals surface area contributed by atoms with Gasteiger partial charge in [-0.3, -0.25) is 14.9 Å². The minimum absolute atomic E-state index is 0.0787. The molecule has 0 amide bonds. The molecule has 0 atom stereocenters. The Kier molecular flexibility index (Phi) is 2.82. The first-order valence-electron chi connectivity index (χ1n) is 4.72. The highest BCUT2D eigenvalue weighted by molar-refractivity contribution is 5.64. The van der Waals surface area contributed by atoms with Crippen LogP contribution in [0.4, 0.5) is 17.2 Å². The fraction of sp³-hybridized carbons (Fsp3) is 0. The quantitative estimate of drug-likeness (QED) is 0.615. The molecule has 2 aromatic rings. The minimum Gasteiger partial charge on any atom is -0.334 e. The predicted octanol–water partition coefficient (Wildman–Crippen LogP) is 1.42. The summed E-state index contributed by atoms with van der Waals surface area (Å²) in [6, 6.07) is 8.77. The third-order valence-corrected chi connectivity index (χ3v) is 2.05. The average molecular weight is 232 g/mol. The Morgan fingerprint density at radius 2 is 2.00 bits per heavy atom. The largest absolute Gasteiger partial charge is 0.376 e. The molecule has 0 aliphatic heterocycles. The van der Waals surface area contributed by atoms with Gasteiger partial charge in [-0.2, -0.15) is 0 Å². The topological polar surface area (TPSA) is 101 Å². The smallest absolute Gasteiger partial charge is 0.334 e. The summed E-state index contributed by atoms with van der Waals surface area (Å²) in [5, 5.41) is 13.5. The van der Waals surface area contributed by atoms with Crippen LogP contribution < -0.4 is 10.9 Å². The second-order valence-corrected chi connectivity index (χ2v) is 3.18. The molecule has 86 valence electrons. The molecule has 1 aromatic carbocycles. The number of nitro groups is 1. The van der Waals surface area contributed by atoms with Crippen LogP contribution >= 0.6 is 0 Å². The maximum atomic E-state index is 11.3. The van der Waals surface area contributed by atoms with E-state index < -0.39 is 16.2 Å². The van der Waals surface area contributed by atoms with Crippen molar-refractivity contribution in [3.63, 3.8) is 0 Å². The lowest BCUT2D eigenvalue weighted by atomic mass is 10.3. The van der Waals surface area contributed by atoms with Gasteiger partial charge in [0.2, 0.25) is 5.82 Å². The van der Waals surface area contributed by atoms with Crippen molar-refractivity contribution in [2.45, 2.75) is 0 Å². The first-order chi connectivity index (χ1) is 8.18. The first kappa shape index (κ1) is 10.8. The summed E-state index contributed by atoms with van der Waals surface area (Å²) >= 11 is 0. The van der Waals surface area contributed by atoms with E-state index >= 15 is 0 Å². The Hall–Kier alpha value is -2.70. The Labute approximate surface area is 95.3 Å². The summed E-state index contributed by atoms with van der Waals surface area (Å²) in [5.41, 5.74) is -0.770. The number of hydrogen-bond acceptors (Lipinski definition) is 5. The number of aromatic nitrogens is 2. The monoisotopic (exact) mass is 232 g/mol. The molecular formula is C10H8N4O3. The normalized spacial score (nSPS) is 9.88. The summed E-state index contributed by atoms with van der Waals surface area (Å²) in [5.74, 6) is -0.0787. The van der Waals surface area contributed by atoms with Gasteiger partial charge in [-0.1, -0.05) is 18.2 Å². The van der Waals surface area contributed by atoms with Crippen LogP contribution in [0.5, 0.6) is 0 Å². The average Bonchev–Trinajstić information content (AvgIpc) is 2.30. The zero-order valence-corrected chi connectivity index (χ0v) is 8.58. The van der Waals surface area contributed by atoms with Crippen molar-refractivity contribution in [3.05, 3.63) is 57.1 Å². The lowest BCUT2D eigenvalue weighted by molar-refractivity contribution is -0.385. The van der Waals surface area contributed by atoms with Gasteiger partial charge in [0.25, 0.3) is 0 Å². The Morgan fingerprint density at radius 1 is 1.29 bits per heavy atom. The number of hydrogen-bond donors (Lipinski definition) is 2. The zero-order valence-electron chi connectivity index (χ0n) is 8.58. The van der Waals surface area contributed by atoms with Crippen molar-refractivity contribution in [2.75, 3.05) is 5.32 Å². The van der Waals surface area contributed by atoms with E-state index in [1.165, 1.54) is 0 Å². The second kappa shape index (κ2) is 4.44. The van der Waals surface area contributed by atoms with Gasteiger partial charge in [-0.25, -0.2) is 4.98 Å². The molecule has 0 unspecified atom stereocenters. The highest BCUT2D eigenvalue weighted by Crippen LogP contribution is 2.20. The van der Waals surface area contributed by atoms with Crippen molar-refractivity contribution in [1.82, 2.24) is 9.97 Å². The number of rotatable bonds is 3. The van der Waals surface area contributed by atoms with Gasteiger partial charge in [-0.15, -0.1) is 0 Å². The van der Waals surface area contributed by atoms with Crippen LogP contribution in [0.1, 0.15) is 0 Å². The highest BCUT2D eigenvalue weighted by Gasteiger charge is 2.20. The van der Waals surface area contributed by atoms with Crippen molar-refractivity contribution in [3.8, 4) is 0 Å². The maximum Gasteiger partial charge on any atom is 0.376 e. The summed E-state index contributed by atoms with van der Waals surface area (Å²) in [4.78, 5) is 27.2. The van der Waals surface area contributed by atoms with Crippen molar-refractivity contribution in [1.29, 1.82) is 0 Å². The first-order valence-corrected chi connectivity index (χ1v) is 4.72. The molecule has 7 heteroatoms. The number of aromatic amines is 1. The van der Waals surface area contributed by atoms with E-state index in [1.54, 1.807) is 24.3 Å². The number of anilines is 2. The predicted molar refractivity (Wildman–Crippen MR) is 61.2 cm³/mol. The van der Waals surface area contributed by atoms with Gasteiger partial charge in [0.05, 0.1) is 11.3 Å². The summed E-state index contributed by atoms with van der Waals surface area (Å²) in [6.45, 7) is 0. The van der Waals surface area contributed by atoms with Crippen LogP contribution in [0, 0.1) is 10.1 Å². The van der Waals surface area contributed by atoms with Gasteiger partial charge < -0.3 is 10.3 Å². The van der Waals surface area contributed by atoms with Crippen LogP contribution in [-0.4, -0.2) is 14.9 Å². The van der Waals surface area contributed by atoms with E-state index in [0.29, 0.717) is 5.69 Å². The molecule has 0 fully saturated rings. The highest BCUT2D eigenvalue weighted by atomic mass is 16.6. The molecule has 0 saturated carbocycles. The van der Waals surface area contributed by atoms with Crippen LogP contribution in [0.25, 0.3) is 0 Å². The van der Waals surface area contributed by atoms with Crippen LogP contribution in [-0.2, 0) is 0 Å². The van der Waals surface area contributed by atoms with E-state index in [9.17, 15) is 14.9 Å². The molecule has 17 heavy (non-hydrogen) atoms. The fourth-order valence-electron chi connectivity index (χ4n) is 1.31. The Bertz CT molecular complexity index is 594. The van der Waals surface area contributed by atoms with E-state index in [-0.39, 0.29) is 5.82 Å². The molecule has 2 rings (SSSR count). The zero-order chi connectivity index (χ0) is 12.3. The summed E-state index contributed by atoms with van der Waals surface area (Å²) in [7, 11) is 0. The Morgan fingerprint density at radius 3 is 2.65 bits per heavy atom. The standard InChI is InChI=1S/C10H8N4O3/c15-10-8(14(16)17)9(11-6-12-10)13-7-4-2-1-3-5-7/h1-6H,(H2,11,12,13,15). The number of benzene rings is 1. The molecule has 2 N–H and O–H groups in total. The number of H-pyrrole nitrogens is 1.